The van der Waals surface area contributed by atoms with E-state index in [0.717, 1.165) is 4.90 Å². The van der Waals surface area contributed by atoms with Crippen LogP contribution in [0.4, 0.5) is 4.79 Å². The Hall–Kier alpha value is -2.68. The Morgan fingerprint density at radius 1 is 1.22 bits per heavy atom. The summed E-state index contributed by atoms with van der Waals surface area (Å²) < 4.78 is 23.3. The van der Waals surface area contributed by atoms with Crippen LogP contribution >= 0.6 is 0 Å². The van der Waals surface area contributed by atoms with Crippen LogP contribution in [0, 0.1) is 0 Å². The summed E-state index contributed by atoms with van der Waals surface area (Å²) in [6.07, 6.45) is 1.77. The lowest BCUT2D eigenvalue weighted by Crippen LogP contribution is -2.52. The van der Waals surface area contributed by atoms with E-state index >= 15 is 0 Å². The first-order valence-corrected chi connectivity index (χ1v) is 10.4. The Bertz CT molecular complexity index is 878. The Morgan fingerprint density at radius 2 is 1.85 bits per heavy atom. The van der Waals surface area contributed by atoms with Crippen molar-refractivity contribution in [2.45, 2.75) is 24.9 Å². The number of sulfone groups is 1. The molecule has 0 bridgehead atoms. The zero-order valence-electron chi connectivity index (χ0n) is 14.7. The number of carbonyl (C=O) groups is 3. The SMILES string of the molecule is C=CCNC(=O)c1ccc(CN2C(=O)NC3(CCS(=O)(=O)CC3)C2=O)cc1. The lowest BCUT2D eigenvalue weighted by Gasteiger charge is -2.30. The average molecular weight is 391 g/mol. The normalized spacial score (nSPS) is 20.4. The second-order valence-corrected chi connectivity index (χ2v) is 9.05. The van der Waals surface area contributed by atoms with E-state index in [2.05, 4.69) is 17.2 Å². The van der Waals surface area contributed by atoms with Crippen molar-refractivity contribution in [3.63, 3.8) is 0 Å². The molecule has 1 spiro atoms. The summed E-state index contributed by atoms with van der Waals surface area (Å²) in [6, 6.07) is 6.08. The Labute approximate surface area is 157 Å². The standard InChI is InChI=1S/C18H21N3O5S/c1-2-9-19-15(22)14-5-3-13(4-6-14)12-21-16(23)18(20-17(21)24)7-10-27(25,26)11-8-18/h2-6H,1,7-12H2,(H,19,22)(H,20,24). The van der Waals surface area contributed by atoms with E-state index in [9.17, 15) is 22.8 Å². The molecule has 27 heavy (non-hydrogen) atoms. The van der Waals surface area contributed by atoms with Gasteiger partial charge in [-0.05, 0) is 30.5 Å². The monoisotopic (exact) mass is 391 g/mol. The summed E-state index contributed by atoms with van der Waals surface area (Å²) in [5.74, 6) is -0.850. The summed E-state index contributed by atoms with van der Waals surface area (Å²) in [5, 5.41) is 5.35. The van der Waals surface area contributed by atoms with Crippen molar-refractivity contribution in [2.24, 2.45) is 0 Å². The van der Waals surface area contributed by atoms with Gasteiger partial charge in [-0.1, -0.05) is 18.2 Å². The van der Waals surface area contributed by atoms with Gasteiger partial charge in [-0.3, -0.25) is 14.5 Å². The van der Waals surface area contributed by atoms with Crippen molar-refractivity contribution in [1.82, 2.24) is 15.5 Å². The first kappa shape index (κ1) is 19.1. The molecule has 9 heteroatoms. The number of imide groups is 1. The molecular weight excluding hydrogens is 370 g/mol. The summed E-state index contributed by atoms with van der Waals surface area (Å²) in [5.41, 5.74) is 0.0402. The molecule has 2 saturated heterocycles. The second-order valence-electron chi connectivity index (χ2n) is 6.75. The van der Waals surface area contributed by atoms with Gasteiger partial charge in [0.25, 0.3) is 11.8 Å². The number of rotatable bonds is 5. The zero-order chi connectivity index (χ0) is 19.7. The summed E-state index contributed by atoms with van der Waals surface area (Å²) in [4.78, 5) is 38.0. The lowest BCUT2D eigenvalue weighted by molar-refractivity contribution is -0.132. The van der Waals surface area contributed by atoms with Gasteiger partial charge < -0.3 is 10.6 Å². The van der Waals surface area contributed by atoms with Crippen LogP contribution in [0.25, 0.3) is 0 Å². The fourth-order valence-electron chi connectivity index (χ4n) is 3.26. The number of hydrogen-bond acceptors (Lipinski definition) is 5. The molecule has 0 unspecified atom stereocenters. The summed E-state index contributed by atoms with van der Waals surface area (Å²) >= 11 is 0. The maximum atomic E-state index is 12.8. The predicted octanol–water partition coefficient (Wildman–Crippen LogP) is 0.602. The van der Waals surface area contributed by atoms with Crippen molar-refractivity contribution >= 4 is 27.7 Å². The van der Waals surface area contributed by atoms with Crippen molar-refractivity contribution in [3.05, 3.63) is 48.0 Å². The number of carbonyl (C=O) groups excluding carboxylic acids is 3. The van der Waals surface area contributed by atoms with Crippen molar-refractivity contribution in [1.29, 1.82) is 0 Å². The Balaban J connectivity index is 1.69. The molecule has 0 aromatic heterocycles. The van der Waals surface area contributed by atoms with Crippen molar-refractivity contribution < 1.29 is 22.8 Å². The molecule has 1 aromatic rings. The van der Waals surface area contributed by atoms with Gasteiger partial charge in [0.05, 0.1) is 18.1 Å². The van der Waals surface area contributed by atoms with Gasteiger partial charge in [-0.2, -0.15) is 0 Å². The van der Waals surface area contributed by atoms with Gasteiger partial charge in [0, 0.05) is 12.1 Å². The van der Waals surface area contributed by atoms with Gasteiger partial charge >= 0.3 is 6.03 Å². The minimum Gasteiger partial charge on any atom is -0.349 e. The van der Waals surface area contributed by atoms with Crippen LogP contribution in [0.5, 0.6) is 0 Å². The molecule has 3 rings (SSSR count). The molecule has 2 N–H and O–H groups in total. The largest absolute Gasteiger partial charge is 0.349 e. The Morgan fingerprint density at radius 3 is 2.44 bits per heavy atom. The van der Waals surface area contributed by atoms with Crippen LogP contribution < -0.4 is 10.6 Å². The molecule has 1 aromatic carbocycles. The van der Waals surface area contributed by atoms with E-state index in [1.807, 2.05) is 0 Å². The van der Waals surface area contributed by atoms with E-state index in [4.69, 9.17) is 0 Å². The highest BCUT2D eigenvalue weighted by Gasteiger charge is 2.53. The van der Waals surface area contributed by atoms with Gasteiger partial charge in [-0.15, -0.1) is 6.58 Å². The first-order valence-electron chi connectivity index (χ1n) is 8.59. The smallest absolute Gasteiger partial charge is 0.325 e. The third kappa shape index (κ3) is 3.87. The van der Waals surface area contributed by atoms with E-state index in [1.165, 1.54) is 0 Å². The van der Waals surface area contributed by atoms with Gasteiger partial charge in [-0.25, -0.2) is 13.2 Å². The number of benzene rings is 1. The molecule has 0 saturated carbocycles. The number of amides is 4. The molecule has 0 radical (unpaired) electrons. The molecule has 2 aliphatic heterocycles. The van der Waals surface area contributed by atoms with Gasteiger partial charge in [0.2, 0.25) is 0 Å². The highest BCUT2D eigenvalue weighted by molar-refractivity contribution is 7.91. The predicted molar refractivity (Wildman–Crippen MR) is 98.7 cm³/mol. The molecule has 144 valence electrons. The highest BCUT2D eigenvalue weighted by atomic mass is 32.2. The summed E-state index contributed by atoms with van der Waals surface area (Å²) in [6.45, 7) is 3.96. The van der Waals surface area contributed by atoms with Crippen LogP contribution in [0.2, 0.25) is 0 Å². The van der Waals surface area contributed by atoms with Gasteiger partial charge in [0.15, 0.2) is 9.84 Å². The first-order chi connectivity index (χ1) is 12.8. The van der Waals surface area contributed by atoms with Crippen LogP contribution in [0.15, 0.2) is 36.9 Å². The van der Waals surface area contributed by atoms with Crippen LogP contribution in [-0.2, 0) is 21.2 Å². The lowest BCUT2D eigenvalue weighted by atomic mass is 9.92. The van der Waals surface area contributed by atoms with E-state index in [0.29, 0.717) is 17.7 Å². The molecular formula is C18H21N3O5S. The molecule has 8 nitrogen and oxygen atoms in total. The fraction of sp³-hybridized carbons (Fsp3) is 0.389. The van der Waals surface area contributed by atoms with E-state index in [-0.39, 0.29) is 36.8 Å². The fourth-order valence-corrected chi connectivity index (χ4v) is 4.78. The third-order valence-corrected chi connectivity index (χ3v) is 6.54. The quantitative estimate of drug-likeness (QED) is 0.564. The number of hydrogen-bond donors (Lipinski definition) is 2. The molecule has 2 fully saturated rings. The molecule has 0 atom stereocenters. The minimum atomic E-state index is -3.15. The van der Waals surface area contributed by atoms with Crippen molar-refractivity contribution in [2.75, 3.05) is 18.1 Å². The van der Waals surface area contributed by atoms with Crippen LogP contribution in [0.1, 0.15) is 28.8 Å². The second kappa shape index (κ2) is 7.15. The number of nitrogens with one attached hydrogen (secondary N) is 2. The Kier molecular flexibility index (Phi) is 5.05. The molecule has 0 aliphatic carbocycles. The van der Waals surface area contributed by atoms with E-state index < -0.39 is 27.3 Å². The minimum absolute atomic E-state index is 0.0632. The van der Waals surface area contributed by atoms with Crippen LogP contribution in [-0.4, -0.2) is 54.8 Å². The average Bonchev–Trinajstić information content (AvgIpc) is 2.87. The number of nitrogens with zero attached hydrogens (tertiary/aromatic N) is 1. The highest BCUT2D eigenvalue weighted by Crippen LogP contribution is 2.31. The zero-order valence-corrected chi connectivity index (χ0v) is 15.5. The van der Waals surface area contributed by atoms with Gasteiger partial charge in [0.1, 0.15) is 5.54 Å². The van der Waals surface area contributed by atoms with E-state index in [1.54, 1.807) is 30.3 Å². The molecule has 2 aliphatic rings. The maximum Gasteiger partial charge on any atom is 0.325 e. The maximum absolute atomic E-state index is 12.8. The molecule has 4 amide bonds. The summed E-state index contributed by atoms with van der Waals surface area (Å²) in [7, 11) is -3.15. The molecule has 2 heterocycles. The van der Waals surface area contributed by atoms with Crippen molar-refractivity contribution in [3.8, 4) is 0 Å². The third-order valence-electron chi connectivity index (χ3n) is 4.89. The topological polar surface area (TPSA) is 113 Å². The number of urea groups is 1. The van der Waals surface area contributed by atoms with Crippen LogP contribution in [0.3, 0.4) is 0 Å².